The summed E-state index contributed by atoms with van der Waals surface area (Å²) in [5, 5.41) is 6.87. The average Bonchev–Trinajstić information content (AvgIpc) is 3.24. The number of hydrogen-bond donors (Lipinski definition) is 2. The second-order valence-electron chi connectivity index (χ2n) is 8.46. The molecule has 3 atom stereocenters. The van der Waals surface area contributed by atoms with Gasteiger partial charge in [0.15, 0.2) is 0 Å². The Kier molecular flexibility index (Phi) is 4.66. The summed E-state index contributed by atoms with van der Waals surface area (Å²) in [6, 6.07) is 22.9. The van der Waals surface area contributed by atoms with Crippen LogP contribution in [-0.4, -0.2) is 5.91 Å². The van der Waals surface area contributed by atoms with E-state index >= 15 is 0 Å². The van der Waals surface area contributed by atoms with Gasteiger partial charge in [-0.3, -0.25) is 4.79 Å². The fourth-order valence-corrected chi connectivity index (χ4v) is 4.91. The molecular weight excluding hydrogens is 368 g/mol. The molecule has 0 aromatic heterocycles. The van der Waals surface area contributed by atoms with Crippen molar-refractivity contribution in [2.75, 3.05) is 10.6 Å². The Morgan fingerprint density at radius 2 is 1.83 bits per heavy atom. The molecule has 0 saturated carbocycles. The smallest absolute Gasteiger partial charge is 0.255 e. The summed E-state index contributed by atoms with van der Waals surface area (Å²) < 4.78 is 0. The van der Waals surface area contributed by atoms with E-state index < -0.39 is 0 Å². The summed E-state index contributed by atoms with van der Waals surface area (Å²) in [5.74, 6) is 0.779. The number of rotatable bonds is 3. The summed E-state index contributed by atoms with van der Waals surface area (Å²) in [6.07, 6.45) is 5.70. The van der Waals surface area contributed by atoms with Crippen LogP contribution < -0.4 is 10.6 Å². The van der Waals surface area contributed by atoms with Gasteiger partial charge in [0.05, 0.1) is 6.04 Å². The zero-order chi connectivity index (χ0) is 20.7. The monoisotopic (exact) mass is 394 g/mol. The molecule has 150 valence electrons. The number of benzene rings is 3. The van der Waals surface area contributed by atoms with Gasteiger partial charge in [-0.15, -0.1) is 0 Å². The molecule has 1 heterocycles. The van der Waals surface area contributed by atoms with Gasteiger partial charge in [0, 0.05) is 22.9 Å². The number of carbonyl (C=O) groups excluding carboxylic acids is 1. The number of carbonyl (C=O) groups is 1. The Labute approximate surface area is 177 Å². The molecule has 3 aromatic carbocycles. The van der Waals surface area contributed by atoms with Gasteiger partial charge in [0.2, 0.25) is 0 Å². The van der Waals surface area contributed by atoms with Crippen LogP contribution in [-0.2, 0) is 0 Å². The van der Waals surface area contributed by atoms with Crippen LogP contribution in [0.15, 0.2) is 78.9 Å². The largest absolute Gasteiger partial charge is 0.378 e. The minimum absolute atomic E-state index is 0.0706. The van der Waals surface area contributed by atoms with E-state index in [4.69, 9.17) is 0 Å². The van der Waals surface area contributed by atoms with Crippen LogP contribution in [0.2, 0.25) is 0 Å². The summed E-state index contributed by atoms with van der Waals surface area (Å²) in [4.78, 5) is 12.7. The SMILES string of the molecule is Cc1cccc(C(=O)Nc2ccc3c(c2)C2C=CCC2C(c2ccccc2C)N3)c1. The third kappa shape index (κ3) is 3.30. The minimum atomic E-state index is -0.0706. The molecule has 0 fully saturated rings. The first kappa shape index (κ1) is 18.7. The quantitative estimate of drug-likeness (QED) is 0.506. The molecule has 3 unspecified atom stereocenters. The first-order valence-corrected chi connectivity index (χ1v) is 10.6. The van der Waals surface area contributed by atoms with E-state index in [1.165, 1.54) is 16.7 Å². The highest BCUT2D eigenvalue weighted by Gasteiger charge is 2.38. The number of fused-ring (bicyclic) bond motifs is 3. The van der Waals surface area contributed by atoms with Gasteiger partial charge in [0.25, 0.3) is 5.91 Å². The van der Waals surface area contributed by atoms with Crippen molar-refractivity contribution in [2.45, 2.75) is 32.2 Å². The van der Waals surface area contributed by atoms with Crippen molar-refractivity contribution in [3.05, 3.63) is 107 Å². The van der Waals surface area contributed by atoms with Crippen molar-refractivity contribution in [1.82, 2.24) is 0 Å². The highest BCUT2D eigenvalue weighted by atomic mass is 16.1. The van der Waals surface area contributed by atoms with Crippen LogP contribution in [0.1, 0.15) is 51.0 Å². The summed E-state index contributed by atoms with van der Waals surface area (Å²) in [7, 11) is 0. The van der Waals surface area contributed by atoms with Gasteiger partial charge in [-0.1, -0.05) is 54.1 Å². The topological polar surface area (TPSA) is 41.1 Å². The van der Waals surface area contributed by atoms with Gasteiger partial charge in [-0.05, 0) is 73.2 Å². The summed E-state index contributed by atoms with van der Waals surface area (Å²) in [5.41, 5.74) is 7.73. The molecule has 30 heavy (non-hydrogen) atoms. The van der Waals surface area contributed by atoms with Crippen molar-refractivity contribution < 1.29 is 4.79 Å². The summed E-state index contributed by atoms with van der Waals surface area (Å²) >= 11 is 0. The predicted octanol–water partition coefficient (Wildman–Crippen LogP) is 6.38. The molecular formula is C27H26N2O. The van der Waals surface area contributed by atoms with Crippen molar-refractivity contribution in [1.29, 1.82) is 0 Å². The third-order valence-electron chi connectivity index (χ3n) is 6.42. The number of aryl methyl sites for hydroxylation is 2. The van der Waals surface area contributed by atoms with E-state index in [-0.39, 0.29) is 5.91 Å². The average molecular weight is 395 g/mol. The normalized spacial score (nSPS) is 21.5. The van der Waals surface area contributed by atoms with E-state index in [1.54, 1.807) is 0 Å². The molecule has 1 amide bonds. The van der Waals surface area contributed by atoms with Crippen molar-refractivity contribution >= 4 is 17.3 Å². The lowest BCUT2D eigenvalue weighted by Gasteiger charge is -2.38. The van der Waals surface area contributed by atoms with Gasteiger partial charge in [-0.25, -0.2) is 0 Å². The highest BCUT2D eigenvalue weighted by molar-refractivity contribution is 6.04. The van der Waals surface area contributed by atoms with Gasteiger partial charge in [-0.2, -0.15) is 0 Å². The number of nitrogens with one attached hydrogen (secondary N) is 2. The maximum absolute atomic E-state index is 12.7. The molecule has 2 N–H and O–H groups in total. The van der Waals surface area contributed by atoms with E-state index in [9.17, 15) is 4.79 Å². The fourth-order valence-electron chi connectivity index (χ4n) is 4.91. The fraction of sp³-hybridized carbons (Fsp3) is 0.222. The van der Waals surface area contributed by atoms with Crippen molar-refractivity contribution in [3.8, 4) is 0 Å². The van der Waals surface area contributed by atoms with E-state index in [0.717, 1.165) is 23.4 Å². The van der Waals surface area contributed by atoms with Crippen LogP contribution in [0, 0.1) is 19.8 Å². The minimum Gasteiger partial charge on any atom is -0.378 e. The standard InChI is InChI=1S/C27H26N2O/c1-17-7-5-9-19(15-17)27(30)28-20-13-14-25-24(16-20)22-11-6-12-23(22)26(29-25)21-10-4-3-8-18(21)2/h3-11,13-16,22-23,26,29H,12H2,1-2H3,(H,28,30). The lowest BCUT2D eigenvalue weighted by atomic mass is 9.76. The van der Waals surface area contributed by atoms with Crippen LogP contribution in [0.5, 0.6) is 0 Å². The Hall–Kier alpha value is -3.33. The predicted molar refractivity (Wildman–Crippen MR) is 123 cm³/mol. The lowest BCUT2D eigenvalue weighted by molar-refractivity contribution is 0.102. The van der Waals surface area contributed by atoms with Crippen LogP contribution in [0.25, 0.3) is 0 Å². The molecule has 2 aliphatic rings. The van der Waals surface area contributed by atoms with Crippen LogP contribution in [0.4, 0.5) is 11.4 Å². The lowest BCUT2D eigenvalue weighted by Crippen LogP contribution is -2.29. The molecule has 0 spiro atoms. The highest BCUT2D eigenvalue weighted by Crippen LogP contribution is 2.50. The van der Waals surface area contributed by atoms with E-state index in [1.807, 2.05) is 37.3 Å². The third-order valence-corrected chi connectivity index (χ3v) is 6.42. The molecule has 1 aliphatic carbocycles. The molecule has 5 rings (SSSR count). The Balaban J connectivity index is 1.45. The van der Waals surface area contributed by atoms with Crippen LogP contribution in [0.3, 0.4) is 0 Å². The second-order valence-corrected chi connectivity index (χ2v) is 8.46. The first-order chi connectivity index (χ1) is 14.6. The number of anilines is 2. The van der Waals surface area contributed by atoms with Gasteiger partial charge < -0.3 is 10.6 Å². The molecule has 3 nitrogen and oxygen atoms in total. The van der Waals surface area contributed by atoms with Gasteiger partial charge in [0.1, 0.15) is 0 Å². The molecule has 3 aromatic rings. The number of allylic oxidation sites excluding steroid dienone is 2. The van der Waals surface area contributed by atoms with Crippen molar-refractivity contribution in [3.63, 3.8) is 0 Å². The van der Waals surface area contributed by atoms with Crippen molar-refractivity contribution in [2.24, 2.45) is 5.92 Å². The van der Waals surface area contributed by atoms with Gasteiger partial charge >= 0.3 is 0 Å². The molecule has 3 heteroatoms. The zero-order valence-corrected chi connectivity index (χ0v) is 17.4. The molecule has 0 bridgehead atoms. The first-order valence-electron chi connectivity index (χ1n) is 10.6. The second kappa shape index (κ2) is 7.49. The van der Waals surface area contributed by atoms with E-state index in [0.29, 0.717) is 23.4 Å². The maximum Gasteiger partial charge on any atom is 0.255 e. The van der Waals surface area contributed by atoms with Crippen LogP contribution >= 0.6 is 0 Å². The molecule has 1 aliphatic heterocycles. The number of amides is 1. The Morgan fingerprint density at radius 3 is 2.67 bits per heavy atom. The molecule has 0 radical (unpaired) electrons. The Bertz CT molecular complexity index is 1150. The zero-order valence-electron chi connectivity index (χ0n) is 17.4. The summed E-state index contributed by atoms with van der Waals surface area (Å²) in [6.45, 7) is 4.19. The maximum atomic E-state index is 12.7. The Morgan fingerprint density at radius 1 is 0.967 bits per heavy atom. The van der Waals surface area contributed by atoms with E-state index in [2.05, 4.69) is 66.1 Å². The number of hydrogen-bond acceptors (Lipinski definition) is 2. The molecule has 0 saturated heterocycles.